The van der Waals surface area contributed by atoms with E-state index in [-0.39, 0.29) is 11.7 Å². The van der Waals surface area contributed by atoms with Gasteiger partial charge in [0, 0.05) is 32.2 Å². The van der Waals surface area contributed by atoms with Crippen molar-refractivity contribution in [3.63, 3.8) is 0 Å². The first-order valence-corrected chi connectivity index (χ1v) is 10.6. The van der Waals surface area contributed by atoms with Crippen LogP contribution >= 0.6 is 0 Å². The molecule has 0 bridgehead atoms. The van der Waals surface area contributed by atoms with Crippen LogP contribution in [-0.2, 0) is 0 Å². The van der Waals surface area contributed by atoms with Crippen molar-refractivity contribution in [2.75, 3.05) is 50.7 Å². The summed E-state index contributed by atoms with van der Waals surface area (Å²) in [5.41, 5.74) is 0.0793. The van der Waals surface area contributed by atoms with Gasteiger partial charge in [-0.15, -0.1) is 0 Å². The lowest BCUT2D eigenvalue weighted by Crippen LogP contribution is -2.44. The average molecular weight is 394 g/mol. The summed E-state index contributed by atoms with van der Waals surface area (Å²) in [6.07, 6.45) is 5.74. The van der Waals surface area contributed by atoms with Crippen LogP contribution in [0.3, 0.4) is 0 Å². The van der Waals surface area contributed by atoms with Crippen LogP contribution in [0.5, 0.6) is 0 Å². The third-order valence-corrected chi connectivity index (χ3v) is 5.48. The van der Waals surface area contributed by atoms with E-state index >= 15 is 0 Å². The van der Waals surface area contributed by atoms with Gasteiger partial charge in [-0.2, -0.15) is 0 Å². The minimum absolute atomic E-state index is 0.0793. The highest BCUT2D eigenvalue weighted by molar-refractivity contribution is 5.80. The summed E-state index contributed by atoms with van der Waals surface area (Å²) >= 11 is 0. The molecule has 3 rings (SSSR count). The quantitative estimate of drug-likeness (QED) is 0.405. The van der Waals surface area contributed by atoms with Crippen LogP contribution in [0.1, 0.15) is 39.0 Å². The number of anilines is 1. The van der Waals surface area contributed by atoms with Crippen LogP contribution in [0.2, 0.25) is 0 Å². The number of nitrogens with one attached hydrogen (secondary N) is 2. The molecule has 5 nitrogen and oxygen atoms in total. The molecule has 2 heterocycles. The first-order valence-electron chi connectivity index (χ1n) is 10.6. The zero-order valence-corrected chi connectivity index (χ0v) is 16.9. The maximum absolute atomic E-state index is 14.0. The van der Waals surface area contributed by atoms with Gasteiger partial charge in [-0.05, 0) is 70.8 Å². The lowest BCUT2D eigenvalue weighted by molar-refractivity contribution is 0.331. The molecule has 0 amide bonds. The SMILES string of the molecule is CCNC(=NCCCCN1CCCC1)NC1CCN(c2c(F)cccc2F)C1. The number of nitrogens with zero attached hydrogens (tertiary/aromatic N) is 3. The number of hydrogen-bond donors (Lipinski definition) is 2. The molecule has 0 aromatic heterocycles. The Bertz CT molecular complexity index is 625. The third-order valence-electron chi connectivity index (χ3n) is 5.48. The summed E-state index contributed by atoms with van der Waals surface area (Å²) in [6, 6.07) is 4.15. The number of aliphatic imine (C=N–C) groups is 1. The fraction of sp³-hybridized carbons (Fsp3) is 0.667. The van der Waals surface area contributed by atoms with Gasteiger partial charge in [-0.25, -0.2) is 8.78 Å². The lowest BCUT2D eigenvalue weighted by atomic mass is 10.2. The maximum Gasteiger partial charge on any atom is 0.191 e. The highest BCUT2D eigenvalue weighted by Crippen LogP contribution is 2.26. The van der Waals surface area contributed by atoms with Gasteiger partial charge in [-0.3, -0.25) is 4.99 Å². The molecule has 1 aromatic rings. The van der Waals surface area contributed by atoms with Crippen LogP contribution in [0.15, 0.2) is 23.2 Å². The van der Waals surface area contributed by atoms with Gasteiger partial charge in [0.15, 0.2) is 5.96 Å². The Balaban J connectivity index is 1.46. The monoisotopic (exact) mass is 393 g/mol. The van der Waals surface area contributed by atoms with Crippen molar-refractivity contribution in [3.8, 4) is 0 Å². The van der Waals surface area contributed by atoms with Crippen LogP contribution < -0.4 is 15.5 Å². The zero-order chi connectivity index (χ0) is 19.8. The predicted molar refractivity (Wildman–Crippen MR) is 111 cm³/mol. The summed E-state index contributed by atoms with van der Waals surface area (Å²) in [4.78, 5) is 8.99. The van der Waals surface area contributed by atoms with Crippen molar-refractivity contribution in [3.05, 3.63) is 29.8 Å². The molecule has 2 saturated heterocycles. The highest BCUT2D eigenvalue weighted by Gasteiger charge is 2.27. The number of halogens is 2. The highest BCUT2D eigenvalue weighted by atomic mass is 19.1. The molecule has 0 spiro atoms. The minimum atomic E-state index is -0.501. The summed E-state index contributed by atoms with van der Waals surface area (Å²) in [5, 5.41) is 6.71. The van der Waals surface area contributed by atoms with E-state index in [9.17, 15) is 8.78 Å². The molecule has 0 saturated carbocycles. The normalized spacial score (nSPS) is 20.8. The van der Waals surface area contributed by atoms with Gasteiger partial charge < -0.3 is 20.4 Å². The molecule has 7 heteroatoms. The largest absolute Gasteiger partial charge is 0.365 e. The number of guanidine groups is 1. The van der Waals surface area contributed by atoms with Crippen molar-refractivity contribution in [2.45, 2.75) is 45.1 Å². The van der Waals surface area contributed by atoms with Gasteiger partial charge >= 0.3 is 0 Å². The van der Waals surface area contributed by atoms with Crippen molar-refractivity contribution in [1.82, 2.24) is 15.5 Å². The Morgan fingerprint density at radius 2 is 1.89 bits per heavy atom. The average Bonchev–Trinajstić information content (AvgIpc) is 3.34. The topological polar surface area (TPSA) is 42.9 Å². The van der Waals surface area contributed by atoms with E-state index in [2.05, 4.69) is 20.5 Å². The number of unbranched alkanes of at least 4 members (excludes halogenated alkanes) is 1. The van der Waals surface area contributed by atoms with Gasteiger partial charge in [0.2, 0.25) is 0 Å². The number of rotatable bonds is 8. The molecule has 1 unspecified atom stereocenters. The predicted octanol–water partition coefficient (Wildman–Crippen LogP) is 2.97. The summed E-state index contributed by atoms with van der Waals surface area (Å²) in [6.45, 7) is 8.48. The summed E-state index contributed by atoms with van der Waals surface area (Å²) < 4.78 is 28.0. The van der Waals surface area contributed by atoms with Crippen molar-refractivity contribution >= 4 is 11.6 Å². The van der Waals surface area contributed by atoms with Gasteiger partial charge in [0.1, 0.15) is 17.3 Å². The van der Waals surface area contributed by atoms with Crippen molar-refractivity contribution in [2.24, 2.45) is 4.99 Å². The molecule has 1 atom stereocenters. The van der Waals surface area contributed by atoms with E-state index in [1.807, 2.05) is 6.92 Å². The number of benzene rings is 1. The van der Waals surface area contributed by atoms with E-state index in [4.69, 9.17) is 0 Å². The van der Waals surface area contributed by atoms with Gasteiger partial charge in [0.05, 0.1) is 0 Å². The van der Waals surface area contributed by atoms with Crippen molar-refractivity contribution in [1.29, 1.82) is 0 Å². The van der Waals surface area contributed by atoms with Crippen LogP contribution in [0.25, 0.3) is 0 Å². The Hall–Kier alpha value is -1.89. The molecular weight excluding hydrogens is 360 g/mol. The first kappa shape index (κ1) is 20.8. The molecule has 28 heavy (non-hydrogen) atoms. The Kier molecular flexibility index (Phi) is 7.89. The molecule has 2 fully saturated rings. The molecule has 0 aliphatic carbocycles. The van der Waals surface area contributed by atoms with Crippen LogP contribution in [0.4, 0.5) is 14.5 Å². The van der Waals surface area contributed by atoms with Crippen LogP contribution in [0, 0.1) is 11.6 Å². The summed E-state index contributed by atoms with van der Waals surface area (Å²) in [5.74, 6) is -0.206. The van der Waals surface area contributed by atoms with Crippen molar-refractivity contribution < 1.29 is 8.78 Å². The first-order chi connectivity index (χ1) is 13.7. The summed E-state index contributed by atoms with van der Waals surface area (Å²) in [7, 11) is 0. The van der Waals surface area contributed by atoms with E-state index in [1.165, 1.54) is 57.1 Å². The fourth-order valence-corrected chi connectivity index (χ4v) is 4.03. The van der Waals surface area contributed by atoms with Gasteiger partial charge in [0.25, 0.3) is 0 Å². The van der Waals surface area contributed by atoms with E-state index in [1.54, 1.807) is 4.90 Å². The Labute approximate surface area is 167 Å². The number of likely N-dealkylation sites (tertiary alicyclic amines) is 1. The Morgan fingerprint density at radius 1 is 1.14 bits per heavy atom. The minimum Gasteiger partial charge on any atom is -0.365 e. The number of para-hydroxylation sites is 1. The molecule has 156 valence electrons. The molecular formula is C21H33F2N5. The Morgan fingerprint density at radius 3 is 2.61 bits per heavy atom. The molecule has 1 aromatic carbocycles. The van der Waals surface area contributed by atoms with E-state index in [0.29, 0.717) is 13.1 Å². The van der Waals surface area contributed by atoms with Gasteiger partial charge in [-0.1, -0.05) is 6.07 Å². The van der Waals surface area contributed by atoms with E-state index in [0.717, 1.165) is 31.9 Å². The standard InChI is InChI=1S/C21H33F2N5/c1-2-24-21(25-11-3-4-12-27-13-5-6-14-27)26-17-10-15-28(16-17)20-18(22)8-7-9-19(20)23/h7-9,17H,2-6,10-16H2,1H3,(H2,24,25,26). The molecule has 2 N–H and O–H groups in total. The van der Waals surface area contributed by atoms with E-state index < -0.39 is 11.6 Å². The second-order valence-electron chi connectivity index (χ2n) is 7.66. The van der Waals surface area contributed by atoms with Crippen LogP contribution in [-0.4, -0.2) is 62.7 Å². The maximum atomic E-state index is 14.0. The second kappa shape index (κ2) is 10.6. The fourth-order valence-electron chi connectivity index (χ4n) is 4.03. The molecule has 2 aliphatic rings. The third kappa shape index (κ3) is 5.80. The lowest BCUT2D eigenvalue weighted by Gasteiger charge is -2.21. The molecule has 0 radical (unpaired) electrons. The number of hydrogen-bond acceptors (Lipinski definition) is 3. The second-order valence-corrected chi connectivity index (χ2v) is 7.66. The zero-order valence-electron chi connectivity index (χ0n) is 16.9. The smallest absolute Gasteiger partial charge is 0.191 e. The molecule has 2 aliphatic heterocycles.